The maximum Gasteiger partial charge on any atom is 0.180 e. The summed E-state index contributed by atoms with van der Waals surface area (Å²) in [5.41, 5.74) is 3.90. The van der Waals surface area contributed by atoms with Gasteiger partial charge >= 0.3 is 0 Å². The number of ether oxygens (including phenoxy) is 1. The van der Waals surface area contributed by atoms with Crippen LogP contribution in [-0.4, -0.2) is 22.4 Å². The van der Waals surface area contributed by atoms with Crippen LogP contribution in [0.1, 0.15) is 24.6 Å². The molecule has 0 aliphatic carbocycles. The zero-order chi connectivity index (χ0) is 17.1. The molecule has 0 aliphatic rings. The summed E-state index contributed by atoms with van der Waals surface area (Å²) in [7, 11) is 1.60. The van der Waals surface area contributed by atoms with E-state index < -0.39 is 0 Å². The Morgan fingerprint density at radius 1 is 1.25 bits per heavy atom. The second kappa shape index (κ2) is 6.74. The lowest BCUT2D eigenvalue weighted by molar-refractivity contribution is 0.400. The van der Waals surface area contributed by atoms with E-state index in [4.69, 9.17) is 9.26 Å². The van der Waals surface area contributed by atoms with Crippen LogP contribution < -0.4 is 4.74 Å². The first-order valence-corrected chi connectivity index (χ1v) is 7.93. The summed E-state index contributed by atoms with van der Waals surface area (Å²) in [6.07, 6.45) is 3.55. The van der Waals surface area contributed by atoms with Crippen LogP contribution in [0, 0.1) is 6.92 Å². The first kappa shape index (κ1) is 16.1. The third-order valence-electron chi connectivity index (χ3n) is 3.95. The van der Waals surface area contributed by atoms with Crippen molar-refractivity contribution in [1.82, 2.24) is 10.1 Å². The minimum atomic E-state index is 0.0973. The molecule has 5 nitrogen and oxygen atoms in total. The van der Waals surface area contributed by atoms with Crippen molar-refractivity contribution in [2.45, 2.75) is 26.7 Å². The molecule has 0 bridgehead atoms. The Kier molecular flexibility index (Phi) is 4.51. The molecule has 5 heteroatoms. The van der Waals surface area contributed by atoms with E-state index in [1.807, 2.05) is 31.2 Å². The van der Waals surface area contributed by atoms with Crippen LogP contribution in [0.25, 0.3) is 22.6 Å². The van der Waals surface area contributed by atoms with E-state index in [9.17, 15) is 5.11 Å². The van der Waals surface area contributed by atoms with Crippen molar-refractivity contribution in [3.63, 3.8) is 0 Å². The summed E-state index contributed by atoms with van der Waals surface area (Å²) in [4.78, 5) is 4.38. The molecular weight excluding hydrogens is 304 g/mol. The molecule has 0 aliphatic heterocycles. The molecule has 0 spiro atoms. The van der Waals surface area contributed by atoms with Gasteiger partial charge in [0.05, 0.1) is 29.6 Å². The fraction of sp³-hybridized carbons (Fsp3) is 0.263. The Balaban J connectivity index is 2.19. The lowest BCUT2D eigenvalue weighted by atomic mass is 9.99. The third kappa shape index (κ3) is 2.85. The molecule has 3 rings (SSSR count). The van der Waals surface area contributed by atoms with Crippen LogP contribution in [0.5, 0.6) is 11.5 Å². The van der Waals surface area contributed by atoms with Gasteiger partial charge in [-0.1, -0.05) is 24.6 Å². The summed E-state index contributed by atoms with van der Waals surface area (Å²) in [5, 5.41) is 14.5. The first-order valence-electron chi connectivity index (χ1n) is 7.93. The number of aryl methyl sites for hydroxylation is 2. The molecule has 0 saturated heterocycles. The van der Waals surface area contributed by atoms with E-state index in [2.05, 4.69) is 17.1 Å². The van der Waals surface area contributed by atoms with Crippen molar-refractivity contribution < 1.29 is 14.4 Å². The second-order valence-electron chi connectivity index (χ2n) is 5.62. The van der Waals surface area contributed by atoms with E-state index in [-0.39, 0.29) is 5.75 Å². The summed E-state index contributed by atoms with van der Waals surface area (Å²) >= 11 is 0. The molecule has 2 heterocycles. The molecule has 0 fully saturated rings. The number of phenols is 1. The number of phenolic OH excluding ortho intramolecular Hbond substituents is 1. The predicted molar refractivity (Wildman–Crippen MR) is 92.1 cm³/mol. The van der Waals surface area contributed by atoms with Gasteiger partial charge in [-0.05, 0) is 37.1 Å². The minimum absolute atomic E-state index is 0.0973. The van der Waals surface area contributed by atoms with Crippen LogP contribution in [0.4, 0.5) is 0 Å². The second-order valence-corrected chi connectivity index (χ2v) is 5.62. The maximum atomic E-state index is 10.5. The molecule has 0 amide bonds. The van der Waals surface area contributed by atoms with Crippen molar-refractivity contribution in [1.29, 1.82) is 0 Å². The largest absolute Gasteiger partial charge is 0.507 e. The van der Waals surface area contributed by atoms with Crippen LogP contribution in [0.3, 0.4) is 0 Å². The third-order valence-corrected chi connectivity index (χ3v) is 3.95. The lowest BCUT2D eigenvalue weighted by Gasteiger charge is -2.12. The molecule has 1 N–H and O–H groups in total. The van der Waals surface area contributed by atoms with Crippen molar-refractivity contribution in [2.75, 3.05) is 7.11 Å². The Hall–Kier alpha value is -2.82. The number of aromatic nitrogens is 2. The van der Waals surface area contributed by atoms with Gasteiger partial charge in [-0.2, -0.15) is 0 Å². The standard InChI is InChI=1S/C19H20N2O3/c1-4-7-13-10-14(16(22)11-17(13)23-3)19-18(12(2)21-24-19)15-8-5-6-9-20-15/h5-6,8-11,22H,4,7H2,1-3H3. The summed E-state index contributed by atoms with van der Waals surface area (Å²) in [5.74, 6) is 1.29. The Labute approximate surface area is 140 Å². The van der Waals surface area contributed by atoms with Gasteiger partial charge in [0.25, 0.3) is 0 Å². The summed E-state index contributed by atoms with van der Waals surface area (Å²) < 4.78 is 10.9. The molecule has 3 aromatic rings. The molecule has 0 unspecified atom stereocenters. The fourth-order valence-electron chi connectivity index (χ4n) is 2.82. The Morgan fingerprint density at radius 3 is 2.75 bits per heavy atom. The van der Waals surface area contributed by atoms with Gasteiger partial charge < -0.3 is 14.4 Å². The molecule has 0 atom stereocenters. The van der Waals surface area contributed by atoms with E-state index in [0.29, 0.717) is 17.1 Å². The fourth-order valence-corrected chi connectivity index (χ4v) is 2.82. The molecule has 0 radical (unpaired) electrons. The van der Waals surface area contributed by atoms with Gasteiger partial charge in [-0.25, -0.2) is 0 Å². The highest BCUT2D eigenvalue weighted by molar-refractivity contribution is 5.82. The van der Waals surface area contributed by atoms with Crippen LogP contribution >= 0.6 is 0 Å². The van der Waals surface area contributed by atoms with Crippen molar-refractivity contribution >= 4 is 0 Å². The van der Waals surface area contributed by atoms with Crippen LogP contribution in [0.2, 0.25) is 0 Å². The topological polar surface area (TPSA) is 68.4 Å². The van der Waals surface area contributed by atoms with Crippen LogP contribution in [0.15, 0.2) is 41.1 Å². The van der Waals surface area contributed by atoms with Crippen molar-refractivity contribution in [2.24, 2.45) is 0 Å². The quantitative estimate of drug-likeness (QED) is 0.754. The molecule has 24 heavy (non-hydrogen) atoms. The van der Waals surface area contributed by atoms with E-state index in [0.717, 1.165) is 35.4 Å². The first-order chi connectivity index (χ1) is 11.7. The number of methoxy groups -OCH3 is 1. The van der Waals surface area contributed by atoms with Gasteiger partial charge in [-0.3, -0.25) is 4.98 Å². The predicted octanol–water partition coefficient (Wildman–Crippen LogP) is 4.38. The minimum Gasteiger partial charge on any atom is -0.507 e. The van der Waals surface area contributed by atoms with Crippen molar-refractivity contribution in [3.8, 4) is 34.1 Å². The van der Waals surface area contributed by atoms with Gasteiger partial charge in [0.15, 0.2) is 5.76 Å². The van der Waals surface area contributed by atoms with Gasteiger partial charge in [0.1, 0.15) is 11.5 Å². The number of rotatable bonds is 5. The highest BCUT2D eigenvalue weighted by atomic mass is 16.5. The SMILES string of the molecule is CCCc1cc(-c2onc(C)c2-c2ccccn2)c(O)cc1OC. The van der Waals surface area contributed by atoms with Crippen LogP contribution in [-0.2, 0) is 6.42 Å². The number of benzene rings is 1. The van der Waals surface area contributed by atoms with Gasteiger partial charge in [-0.15, -0.1) is 0 Å². The number of pyridine rings is 1. The highest BCUT2D eigenvalue weighted by Crippen LogP contribution is 2.41. The number of hydrogen-bond donors (Lipinski definition) is 1. The molecular formula is C19H20N2O3. The van der Waals surface area contributed by atoms with Gasteiger partial charge in [0, 0.05) is 12.3 Å². The normalized spacial score (nSPS) is 10.8. The van der Waals surface area contributed by atoms with E-state index in [1.165, 1.54) is 0 Å². The smallest absolute Gasteiger partial charge is 0.180 e. The zero-order valence-corrected chi connectivity index (χ0v) is 14.0. The molecule has 1 aromatic carbocycles. The average molecular weight is 324 g/mol. The number of nitrogens with zero attached hydrogens (tertiary/aromatic N) is 2. The average Bonchev–Trinajstić information content (AvgIpc) is 2.98. The number of hydrogen-bond acceptors (Lipinski definition) is 5. The monoisotopic (exact) mass is 324 g/mol. The molecule has 2 aromatic heterocycles. The summed E-state index contributed by atoms with van der Waals surface area (Å²) in [6, 6.07) is 9.20. The van der Waals surface area contributed by atoms with E-state index >= 15 is 0 Å². The van der Waals surface area contributed by atoms with Crippen molar-refractivity contribution in [3.05, 3.63) is 47.8 Å². The Morgan fingerprint density at radius 2 is 2.08 bits per heavy atom. The summed E-state index contributed by atoms with van der Waals surface area (Å²) in [6.45, 7) is 3.97. The maximum absolute atomic E-state index is 10.5. The van der Waals surface area contributed by atoms with E-state index in [1.54, 1.807) is 19.4 Å². The number of aromatic hydroxyl groups is 1. The zero-order valence-electron chi connectivity index (χ0n) is 14.0. The Bertz CT molecular complexity index is 841. The lowest BCUT2D eigenvalue weighted by Crippen LogP contribution is -1.94. The van der Waals surface area contributed by atoms with Gasteiger partial charge in [0.2, 0.25) is 0 Å². The highest BCUT2D eigenvalue weighted by Gasteiger charge is 2.22. The molecule has 0 saturated carbocycles. The molecule has 124 valence electrons.